The summed E-state index contributed by atoms with van der Waals surface area (Å²) in [7, 11) is 0. The number of hydrogen-bond acceptors (Lipinski definition) is 2. The molecule has 0 bridgehead atoms. The van der Waals surface area contributed by atoms with E-state index in [1.807, 2.05) is 11.8 Å². The first kappa shape index (κ1) is 8.06. The van der Waals surface area contributed by atoms with Crippen molar-refractivity contribution in [3.63, 3.8) is 0 Å². The SMILES string of the molecule is CCSC1C[Se]C=CS1. The van der Waals surface area contributed by atoms with Crippen LogP contribution in [-0.4, -0.2) is 25.3 Å². The van der Waals surface area contributed by atoms with E-state index in [0.717, 1.165) is 19.5 Å². The van der Waals surface area contributed by atoms with Crippen molar-refractivity contribution < 1.29 is 0 Å². The molecule has 52 valence electrons. The van der Waals surface area contributed by atoms with Crippen LogP contribution in [0.5, 0.6) is 0 Å². The van der Waals surface area contributed by atoms with E-state index in [0.29, 0.717) is 0 Å². The fraction of sp³-hybridized carbons (Fsp3) is 0.667. The van der Waals surface area contributed by atoms with Crippen molar-refractivity contribution >= 4 is 38.5 Å². The maximum atomic E-state index is 2.32. The van der Waals surface area contributed by atoms with E-state index in [1.54, 1.807) is 0 Å². The number of hydrogen-bond donors (Lipinski definition) is 0. The van der Waals surface area contributed by atoms with Crippen molar-refractivity contribution in [1.82, 2.24) is 0 Å². The standard InChI is InChI=1S/C6H10S2Se/c1-2-7-6-5-9-4-3-8-6/h3-4,6H,2,5H2,1H3. The summed E-state index contributed by atoms with van der Waals surface area (Å²) in [5.74, 6) is 1.27. The Labute approximate surface area is 71.4 Å². The molecule has 0 aromatic carbocycles. The van der Waals surface area contributed by atoms with Crippen LogP contribution in [0.1, 0.15) is 6.92 Å². The molecule has 0 radical (unpaired) electrons. The van der Waals surface area contributed by atoms with Gasteiger partial charge in [0.05, 0.1) is 0 Å². The van der Waals surface area contributed by atoms with E-state index in [-0.39, 0.29) is 0 Å². The van der Waals surface area contributed by atoms with E-state index in [4.69, 9.17) is 0 Å². The van der Waals surface area contributed by atoms with E-state index in [9.17, 15) is 0 Å². The van der Waals surface area contributed by atoms with Crippen LogP contribution >= 0.6 is 23.5 Å². The summed E-state index contributed by atoms with van der Waals surface area (Å²) in [5.41, 5.74) is 0. The van der Waals surface area contributed by atoms with Gasteiger partial charge in [0.15, 0.2) is 0 Å². The zero-order valence-corrected chi connectivity index (χ0v) is 8.72. The molecule has 1 aliphatic rings. The summed E-state index contributed by atoms with van der Waals surface area (Å²) in [6.07, 6.45) is 0. The molecule has 1 atom stereocenters. The van der Waals surface area contributed by atoms with Gasteiger partial charge in [0, 0.05) is 0 Å². The Balaban J connectivity index is 2.18. The molecule has 0 nitrogen and oxygen atoms in total. The van der Waals surface area contributed by atoms with E-state index in [1.165, 1.54) is 11.1 Å². The molecule has 3 heteroatoms. The number of rotatable bonds is 2. The quantitative estimate of drug-likeness (QED) is 0.662. The summed E-state index contributed by atoms with van der Waals surface area (Å²) in [6, 6.07) is 0. The van der Waals surface area contributed by atoms with Gasteiger partial charge in [-0.2, -0.15) is 0 Å². The molecule has 0 aliphatic carbocycles. The van der Waals surface area contributed by atoms with Crippen molar-refractivity contribution in [3.05, 3.63) is 10.4 Å². The second kappa shape index (κ2) is 4.73. The van der Waals surface area contributed by atoms with Crippen molar-refractivity contribution in [2.24, 2.45) is 0 Å². The Morgan fingerprint density at radius 1 is 1.89 bits per heavy atom. The molecule has 0 saturated heterocycles. The summed E-state index contributed by atoms with van der Waals surface area (Å²) in [5, 5.41) is 3.68. The van der Waals surface area contributed by atoms with E-state index >= 15 is 0 Å². The van der Waals surface area contributed by atoms with E-state index in [2.05, 4.69) is 29.1 Å². The van der Waals surface area contributed by atoms with Gasteiger partial charge >= 0.3 is 71.4 Å². The van der Waals surface area contributed by atoms with Crippen molar-refractivity contribution in [3.8, 4) is 0 Å². The molecule has 0 aromatic heterocycles. The van der Waals surface area contributed by atoms with Gasteiger partial charge < -0.3 is 0 Å². The molecule has 1 aliphatic heterocycles. The molecule has 0 spiro atoms. The van der Waals surface area contributed by atoms with Crippen molar-refractivity contribution in [1.29, 1.82) is 0 Å². The van der Waals surface area contributed by atoms with Gasteiger partial charge in [-0.25, -0.2) is 0 Å². The van der Waals surface area contributed by atoms with Crippen LogP contribution in [0.15, 0.2) is 10.4 Å². The Morgan fingerprint density at radius 3 is 3.33 bits per heavy atom. The molecule has 1 heterocycles. The predicted octanol–water partition coefficient (Wildman–Crippen LogP) is 2.41. The van der Waals surface area contributed by atoms with Crippen molar-refractivity contribution in [2.75, 3.05) is 5.75 Å². The minimum atomic E-state index is 0.804. The maximum absolute atomic E-state index is 2.32. The second-order valence-corrected chi connectivity index (χ2v) is 6.49. The van der Waals surface area contributed by atoms with Gasteiger partial charge in [-0.3, -0.25) is 0 Å². The van der Waals surface area contributed by atoms with Crippen LogP contribution in [0.4, 0.5) is 0 Å². The molecule has 0 saturated carbocycles. The molecule has 0 amide bonds. The van der Waals surface area contributed by atoms with Gasteiger partial charge in [-0.1, -0.05) is 0 Å². The predicted molar refractivity (Wildman–Crippen MR) is 49.2 cm³/mol. The molecule has 9 heavy (non-hydrogen) atoms. The molecule has 0 aromatic rings. The first-order valence-electron chi connectivity index (χ1n) is 2.97. The van der Waals surface area contributed by atoms with Gasteiger partial charge in [0.1, 0.15) is 0 Å². The Kier molecular flexibility index (Phi) is 4.23. The zero-order valence-electron chi connectivity index (χ0n) is 5.37. The fourth-order valence-electron chi connectivity index (χ4n) is 0.606. The van der Waals surface area contributed by atoms with Crippen LogP contribution in [0, 0.1) is 0 Å². The third kappa shape index (κ3) is 3.03. The summed E-state index contributed by atoms with van der Waals surface area (Å²) in [4.78, 5) is 2.32. The molecule has 0 N–H and O–H groups in total. The monoisotopic (exact) mass is 226 g/mol. The normalized spacial score (nSPS) is 26.6. The zero-order chi connectivity index (χ0) is 6.53. The second-order valence-electron chi connectivity index (χ2n) is 1.63. The van der Waals surface area contributed by atoms with Crippen LogP contribution in [-0.2, 0) is 0 Å². The van der Waals surface area contributed by atoms with Gasteiger partial charge in [-0.15, -0.1) is 0 Å². The average Bonchev–Trinajstić information content (AvgIpc) is 1.91. The first-order valence-corrected chi connectivity index (χ1v) is 7.16. The molecule has 0 fully saturated rings. The summed E-state index contributed by atoms with van der Waals surface area (Å²) >= 11 is 4.87. The van der Waals surface area contributed by atoms with E-state index < -0.39 is 0 Å². The summed E-state index contributed by atoms with van der Waals surface area (Å²) < 4.78 is 0.875. The fourth-order valence-corrected chi connectivity index (χ4v) is 5.76. The average molecular weight is 225 g/mol. The molecule has 1 unspecified atom stereocenters. The topological polar surface area (TPSA) is 0 Å². The first-order chi connectivity index (χ1) is 4.43. The van der Waals surface area contributed by atoms with Gasteiger partial charge in [0.25, 0.3) is 0 Å². The van der Waals surface area contributed by atoms with Gasteiger partial charge in [-0.05, 0) is 0 Å². The molecular weight excluding hydrogens is 215 g/mol. The minimum absolute atomic E-state index is 0.804. The van der Waals surface area contributed by atoms with Crippen LogP contribution in [0.3, 0.4) is 0 Å². The third-order valence-electron chi connectivity index (χ3n) is 0.967. The summed E-state index contributed by atoms with van der Waals surface area (Å²) in [6.45, 7) is 2.23. The molecule has 1 rings (SSSR count). The van der Waals surface area contributed by atoms with Crippen LogP contribution in [0.25, 0.3) is 0 Å². The third-order valence-corrected chi connectivity index (χ3v) is 6.48. The van der Waals surface area contributed by atoms with Gasteiger partial charge in [0.2, 0.25) is 0 Å². The van der Waals surface area contributed by atoms with Crippen LogP contribution < -0.4 is 0 Å². The Morgan fingerprint density at radius 2 is 2.78 bits per heavy atom. The number of thioether (sulfide) groups is 2. The van der Waals surface area contributed by atoms with Crippen molar-refractivity contribution in [2.45, 2.75) is 16.8 Å². The Bertz CT molecular complexity index is 103. The molecular formula is C6H10S2Se. The Hall–Kier alpha value is 0.959. The van der Waals surface area contributed by atoms with Crippen LogP contribution in [0.2, 0.25) is 5.32 Å².